The smallest absolute Gasteiger partial charge is 0.261 e. The monoisotopic (exact) mass is 324 g/mol. The van der Waals surface area contributed by atoms with Crippen LogP contribution in [-0.4, -0.2) is 22.3 Å². The molecule has 0 N–H and O–H groups in total. The van der Waals surface area contributed by atoms with Crippen molar-refractivity contribution < 1.29 is 9.18 Å². The Morgan fingerprint density at radius 2 is 2.04 bits per heavy atom. The zero-order chi connectivity index (χ0) is 17.1. The van der Waals surface area contributed by atoms with Gasteiger partial charge in [0.1, 0.15) is 11.7 Å². The van der Waals surface area contributed by atoms with E-state index in [4.69, 9.17) is 0 Å². The largest absolute Gasteiger partial charge is 0.288 e. The lowest BCUT2D eigenvalue weighted by atomic mass is 9.99. The Bertz CT molecular complexity index is 800. The number of rotatable bonds is 4. The van der Waals surface area contributed by atoms with E-state index in [9.17, 15) is 9.18 Å². The van der Waals surface area contributed by atoms with Crippen molar-refractivity contribution in [2.75, 3.05) is 5.01 Å². The van der Waals surface area contributed by atoms with E-state index in [1.165, 1.54) is 29.3 Å². The lowest BCUT2D eigenvalue weighted by molar-refractivity contribution is -0.118. The zero-order valence-corrected chi connectivity index (χ0v) is 13.5. The Hall–Kier alpha value is -2.89. The molecular weight excluding hydrogens is 307 g/mol. The number of halogens is 1. The average molecular weight is 324 g/mol. The number of amides is 1. The summed E-state index contributed by atoms with van der Waals surface area (Å²) in [7, 11) is 0. The maximum absolute atomic E-state index is 13.1. The minimum atomic E-state index is -0.480. The van der Waals surface area contributed by atoms with Crippen LogP contribution in [0.3, 0.4) is 0 Å². The number of hydrogen-bond donors (Lipinski definition) is 0. The Labute approximate surface area is 139 Å². The Morgan fingerprint density at radius 3 is 2.71 bits per heavy atom. The number of benzene rings is 1. The van der Waals surface area contributed by atoms with Crippen molar-refractivity contribution in [1.29, 1.82) is 0 Å². The number of carbonyl (C=O) groups is 1. The molecular formula is C18H17FN4O. The van der Waals surface area contributed by atoms with E-state index >= 15 is 0 Å². The molecule has 1 aliphatic rings. The van der Waals surface area contributed by atoms with Gasteiger partial charge in [-0.3, -0.25) is 14.8 Å². The van der Waals surface area contributed by atoms with Crippen LogP contribution in [-0.2, 0) is 11.3 Å². The maximum atomic E-state index is 13.1. The van der Waals surface area contributed by atoms with E-state index in [1.807, 2.05) is 19.1 Å². The number of hydrazone groups is 1. The number of carbonyl (C=O) groups excluding carboxylic acids is 1. The van der Waals surface area contributed by atoms with Gasteiger partial charge in [-0.1, -0.05) is 6.07 Å². The van der Waals surface area contributed by atoms with Crippen LogP contribution in [0.1, 0.15) is 19.4 Å². The van der Waals surface area contributed by atoms with Crippen molar-refractivity contribution in [3.63, 3.8) is 0 Å². The van der Waals surface area contributed by atoms with E-state index in [-0.39, 0.29) is 11.7 Å². The molecule has 6 heteroatoms. The molecule has 0 fully saturated rings. The highest BCUT2D eigenvalue weighted by Gasteiger charge is 2.36. The minimum Gasteiger partial charge on any atom is -0.288 e. The van der Waals surface area contributed by atoms with Gasteiger partial charge >= 0.3 is 0 Å². The quantitative estimate of drug-likeness (QED) is 0.811. The first-order valence-corrected chi connectivity index (χ1v) is 7.61. The van der Waals surface area contributed by atoms with Crippen LogP contribution in [0, 0.1) is 11.7 Å². The summed E-state index contributed by atoms with van der Waals surface area (Å²) in [6.07, 6.45) is 3.46. The molecule has 0 unspecified atom stereocenters. The minimum absolute atomic E-state index is 0.174. The first-order valence-electron chi connectivity index (χ1n) is 7.61. The average Bonchev–Trinajstić information content (AvgIpc) is 2.89. The molecule has 1 atom stereocenters. The van der Waals surface area contributed by atoms with Gasteiger partial charge in [-0.05, 0) is 49.7 Å². The van der Waals surface area contributed by atoms with Crippen LogP contribution in [0.4, 0.5) is 10.1 Å². The van der Waals surface area contributed by atoms with E-state index in [1.54, 1.807) is 19.3 Å². The molecule has 1 amide bonds. The molecule has 2 aromatic rings. The summed E-state index contributed by atoms with van der Waals surface area (Å²) in [5.41, 5.74) is 2.90. The molecule has 2 heterocycles. The molecule has 0 aliphatic carbocycles. The van der Waals surface area contributed by atoms with Gasteiger partial charge in [0.05, 0.1) is 17.9 Å². The number of aliphatic imine (C=N–C) groups is 1. The summed E-state index contributed by atoms with van der Waals surface area (Å²) in [5.74, 6) is -1.00. The molecule has 0 saturated heterocycles. The molecule has 1 aliphatic heterocycles. The first-order chi connectivity index (χ1) is 11.6. The number of anilines is 1. The first kappa shape index (κ1) is 16.0. The predicted octanol–water partition coefficient (Wildman–Crippen LogP) is 3.22. The Morgan fingerprint density at radius 1 is 1.29 bits per heavy atom. The second kappa shape index (κ2) is 6.70. The number of pyridine rings is 1. The van der Waals surface area contributed by atoms with Gasteiger partial charge < -0.3 is 0 Å². The molecule has 0 saturated carbocycles. The summed E-state index contributed by atoms with van der Waals surface area (Å²) in [6, 6.07) is 9.48. The Kier molecular flexibility index (Phi) is 4.46. The van der Waals surface area contributed by atoms with Crippen molar-refractivity contribution in [3.05, 3.63) is 60.2 Å². The standard InChI is InChI=1S/C18H17FN4O/c1-12(21-11-14-4-3-9-20-10-14)17-13(2)22-23(18(17)24)16-7-5-15(19)6-8-16/h3-10,17H,11H2,1-2H3/t17-/m1/s1. The van der Waals surface area contributed by atoms with Gasteiger partial charge in [-0.15, -0.1) is 0 Å². The van der Waals surface area contributed by atoms with Crippen LogP contribution in [0.5, 0.6) is 0 Å². The van der Waals surface area contributed by atoms with Crippen LogP contribution in [0.25, 0.3) is 0 Å². The third-order valence-corrected chi connectivity index (χ3v) is 3.85. The number of nitrogens with zero attached hydrogens (tertiary/aromatic N) is 4. The predicted molar refractivity (Wildman–Crippen MR) is 91.5 cm³/mol. The van der Waals surface area contributed by atoms with Crippen LogP contribution in [0.2, 0.25) is 0 Å². The van der Waals surface area contributed by atoms with Crippen molar-refractivity contribution in [2.45, 2.75) is 20.4 Å². The number of hydrogen-bond acceptors (Lipinski definition) is 4. The summed E-state index contributed by atoms with van der Waals surface area (Å²) in [4.78, 5) is 21.2. The second-order valence-electron chi connectivity index (χ2n) is 5.62. The molecule has 1 aromatic heterocycles. The van der Waals surface area contributed by atoms with Gasteiger partial charge in [0, 0.05) is 18.1 Å². The fourth-order valence-electron chi connectivity index (χ4n) is 2.61. The SMILES string of the molecule is CC(=NCc1cccnc1)[C@H]1C(=O)N(c2ccc(F)cc2)N=C1C. The lowest BCUT2D eigenvalue weighted by Crippen LogP contribution is -2.31. The van der Waals surface area contributed by atoms with Crippen molar-refractivity contribution in [3.8, 4) is 0 Å². The highest BCUT2D eigenvalue weighted by atomic mass is 19.1. The van der Waals surface area contributed by atoms with E-state index in [0.29, 0.717) is 23.7 Å². The number of aromatic nitrogens is 1. The van der Waals surface area contributed by atoms with Crippen LogP contribution in [0.15, 0.2) is 58.9 Å². The van der Waals surface area contributed by atoms with Crippen LogP contribution >= 0.6 is 0 Å². The second-order valence-corrected chi connectivity index (χ2v) is 5.62. The van der Waals surface area contributed by atoms with Gasteiger partial charge in [0.25, 0.3) is 5.91 Å². The third kappa shape index (κ3) is 3.22. The molecule has 24 heavy (non-hydrogen) atoms. The molecule has 5 nitrogen and oxygen atoms in total. The summed E-state index contributed by atoms with van der Waals surface area (Å²) < 4.78 is 13.1. The van der Waals surface area contributed by atoms with Crippen molar-refractivity contribution in [2.24, 2.45) is 16.0 Å². The fourth-order valence-corrected chi connectivity index (χ4v) is 2.61. The van der Waals surface area contributed by atoms with Gasteiger partial charge in [-0.2, -0.15) is 10.1 Å². The zero-order valence-electron chi connectivity index (χ0n) is 13.5. The summed E-state index contributed by atoms with van der Waals surface area (Å²) >= 11 is 0. The third-order valence-electron chi connectivity index (χ3n) is 3.85. The maximum Gasteiger partial charge on any atom is 0.261 e. The molecule has 0 spiro atoms. The molecule has 1 aromatic carbocycles. The summed E-state index contributed by atoms with van der Waals surface area (Å²) in [5, 5.41) is 5.62. The van der Waals surface area contributed by atoms with Crippen LogP contribution < -0.4 is 5.01 Å². The van der Waals surface area contributed by atoms with Gasteiger partial charge in [0.2, 0.25) is 0 Å². The lowest BCUT2D eigenvalue weighted by Gasteiger charge is -2.14. The molecule has 3 rings (SSSR count). The van der Waals surface area contributed by atoms with E-state index in [0.717, 1.165) is 5.56 Å². The van der Waals surface area contributed by atoms with E-state index < -0.39 is 5.92 Å². The highest BCUT2D eigenvalue weighted by molar-refractivity contribution is 6.27. The van der Waals surface area contributed by atoms with Gasteiger partial charge in [-0.25, -0.2) is 4.39 Å². The van der Waals surface area contributed by atoms with E-state index in [2.05, 4.69) is 15.1 Å². The Balaban J connectivity index is 1.78. The molecule has 0 radical (unpaired) electrons. The topological polar surface area (TPSA) is 57.9 Å². The van der Waals surface area contributed by atoms with Crippen molar-refractivity contribution >= 4 is 23.0 Å². The molecule has 0 bridgehead atoms. The highest BCUT2D eigenvalue weighted by Crippen LogP contribution is 2.25. The van der Waals surface area contributed by atoms with Crippen molar-refractivity contribution in [1.82, 2.24) is 4.98 Å². The normalized spacial score (nSPS) is 18.0. The summed E-state index contributed by atoms with van der Waals surface area (Å²) in [6.45, 7) is 4.09. The fraction of sp³-hybridized carbons (Fsp3) is 0.222. The molecule has 122 valence electrons. The van der Waals surface area contributed by atoms with Gasteiger partial charge in [0.15, 0.2) is 0 Å².